The first kappa shape index (κ1) is 29.8. The first-order chi connectivity index (χ1) is 9.19. The molecule has 1 rings (SSSR count). The summed E-state index contributed by atoms with van der Waals surface area (Å²) in [6.45, 7) is 6.12. The number of aryl methyl sites for hydroxylation is 2. The van der Waals surface area contributed by atoms with Crippen molar-refractivity contribution in [2.24, 2.45) is 0 Å². The first-order valence-corrected chi connectivity index (χ1v) is 7.81. The molecule has 0 aliphatic carbocycles. The van der Waals surface area contributed by atoms with Gasteiger partial charge in [0.15, 0.2) is 5.78 Å². The van der Waals surface area contributed by atoms with E-state index in [1.807, 2.05) is 0 Å². The molecule has 0 aromatic heterocycles. The number of hydrogen-bond donors (Lipinski definition) is 0. The number of rotatable bonds is 9. The van der Waals surface area contributed by atoms with Gasteiger partial charge in [-0.05, 0) is 49.8 Å². The first-order valence-electron chi connectivity index (χ1n) is 7.81. The lowest BCUT2D eigenvalue weighted by molar-refractivity contribution is 0.101. The highest BCUT2D eigenvalue weighted by Gasteiger charge is 2.08. The maximum atomic E-state index is 11.8. The van der Waals surface area contributed by atoms with E-state index in [0.29, 0.717) is 0 Å². The van der Waals surface area contributed by atoms with E-state index < -0.39 is 0 Å². The molecular formula is C22H44O. The van der Waals surface area contributed by atoms with E-state index in [2.05, 4.69) is 32.0 Å². The molecule has 0 fully saturated rings. The average Bonchev–Trinajstić information content (AvgIpc) is 2.40. The minimum absolute atomic E-state index is 0. The van der Waals surface area contributed by atoms with Crippen molar-refractivity contribution < 1.29 is 4.79 Å². The molecule has 0 unspecified atom stereocenters. The van der Waals surface area contributed by atoms with Gasteiger partial charge in [-0.1, -0.05) is 81.4 Å². The Hall–Kier alpha value is -1.11. The minimum Gasteiger partial charge on any atom is -0.295 e. The van der Waals surface area contributed by atoms with Crippen LogP contribution in [0.3, 0.4) is 0 Å². The molecule has 0 spiro atoms. The maximum Gasteiger partial charge on any atom is 0.160 e. The SMILES string of the molecule is C.C.C.C.CCCCCc1ccc(CCCCC)c(C(C)=O)c1. The third kappa shape index (κ3) is 11.1. The van der Waals surface area contributed by atoms with Gasteiger partial charge < -0.3 is 0 Å². The van der Waals surface area contributed by atoms with E-state index in [1.54, 1.807) is 6.92 Å². The van der Waals surface area contributed by atoms with Gasteiger partial charge in [0.2, 0.25) is 0 Å². The summed E-state index contributed by atoms with van der Waals surface area (Å²) in [7, 11) is 0. The number of unbranched alkanes of at least 4 members (excludes halogenated alkanes) is 4. The molecule has 0 bridgehead atoms. The van der Waals surface area contributed by atoms with Gasteiger partial charge in [-0.15, -0.1) is 0 Å². The highest BCUT2D eigenvalue weighted by atomic mass is 16.1. The maximum absolute atomic E-state index is 11.8. The summed E-state index contributed by atoms with van der Waals surface area (Å²) < 4.78 is 0. The fourth-order valence-corrected chi connectivity index (χ4v) is 2.47. The van der Waals surface area contributed by atoms with Gasteiger partial charge in [-0.2, -0.15) is 0 Å². The summed E-state index contributed by atoms with van der Waals surface area (Å²) in [4.78, 5) is 11.8. The molecule has 1 nitrogen and oxygen atoms in total. The summed E-state index contributed by atoms with van der Waals surface area (Å²) in [6.07, 6.45) is 9.54. The molecule has 0 saturated carbocycles. The molecule has 0 amide bonds. The van der Waals surface area contributed by atoms with Crippen molar-refractivity contribution in [2.45, 2.75) is 102 Å². The van der Waals surface area contributed by atoms with Crippen LogP contribution in [0.4, 0.5) is 0 Å². The Morgan fingerprint density at radius 1 is 0.826 bits per heavy atom. The molecule has 0 aliphatic heterocycles. The van der Waals surface area contributed by atoms with E-state index >= 15 is 0 Å². The molecule has 0 heterocycles. The molecule has 1 aromatic rings. The zero-order valence-corrected chi connectivity index (χ0v) is 12.8. The van der Waals surface area contributed by atoms with Gasteiger partial charge in [0.05, 0.1) is 0 Å². The highest BCUT2D eigenvalue weighted by molar-refractivity contribution is 5.95. The second-order valence-corrected chi connectivity index (χ2v) is 5.46. The number of Topliss-reactive ketones (excluding diaryl/α,β-unsaturated/α-hetero) is 1. The largest absolute Gasteiger partial charge is 0.295 e. The van der Waals surface area contributed by atoms with Gasteiger partial charge in [0.1, 0.15) is 0 Å². The lowest BCUT2D eigenvalue weighted by Crippen LogP contribution is -2.02. The lowest BCUT2D eigenvalue weighted by Gasteiger charge is -2.10. The Kier molecular flexibility index (Phi) is 22.4. The minimum atomic E-state index is 0. The molecule has 1 aromatic carbocycles. The van der Waals surface area contributed by atoms with Crippen molar-refractivity contribution >= 4 is 5.78 Å². The van der Waals surface area contributed by atoms with Gasteiger partial charge >= 0.3 is 0 Å². The van der Waals surface area contributed by atoms with Crippen LogP contribution >= 0.6 is 0 Å². The number of hydrogen-bond acceptors (Lipinski definition) is 1. The van der Waals surface area contributed by atoms with Crippen LogP contribution in [0.25, 0.3) is 0 Å². The Balaban J connectivity index is -0.000000451. The topological polar surface area (TPSA) is 17.1 Å². The van der Waals surface area contributed by atoms with E-state index in [0.717, 1.165) is 18.4 Å². The fourth-order valence-electron chi connectivity index (χ4n) is 2.47. The Labute approximate surface area is 147 Å². The normalized spacial score (nSPS) is 8.83. The van der Waals surface area contributed by atoms with Crippen LogP contribution in [-0.2, 0) is 12.8 Å². The van der Waals surface area contributed by atoms with E-state index in [9.17, 15) is 4.79 Å². The van der Waals surface area contributed by atoms with Crippen LogP contribution in [0.2, 0.25) is 0 Å². The van der Waals surface area contributed by atoms with Gasteiger partial charge in [-0.25, -0.2) is 0 Å². The third-order valence-corrected chi connectivity index (χ3v) is 3.67. The zero-order valence-electron chi connectivity index (χ0n) is 12.8. The second kappa shape index (κ2) is 17.2. The number of benzene rings is 1. The molecule has 23 heavy (non-hydrogen) atoms. The molecule has 0 saturated heterocycles. The van der Waals surface area contributed by atoms with Crippen LogP contribution < -0.4 is 0 Å². The van der Waals surface area contributed by atoms with Gasteiger partial charge in [-0.3, -0.25) is 4.79 Å². The summed E-state index contributed by atoms with van der Waals surface area (Å²) in [5, 5.41) is 0. The summed E-state index contributed by atoms with van der Waals surface area (Å²) in [5.41, 5.74) is 3.50. The standard InChI is InChI=1S/C18H28O.4CH4/c1-4-6-8-10-16-12-13-17(11-9-7-5-2)18(14-16)15(3)19;;;;/h12-14H,4-11H2,1-3H3;4*1H4. The number of ketones is 1. The van der Waals surface area contributed by atoms with Gasteiger partial charge in [0.25, 0.3) is 0 Å². The van der Waals surface area contributed by atoms with E-state index in [1.165, 1.54) is 49.7 Å². The van der Waals surface area contributed by atoms with Crippen LogP contribution in [0.1, 0.15) is 110 Å². The molecule has 0 N–H and O–H groups in total. The predicted octanol–water partition coefficient (Wildman–Crippen LogP) is 7.90. The molecule has 0 atom stereocenters. The Bertz CT molecular complexity index is 393. The Morgan fingerprint density at radius 2 is 1.35 bits per heavy atom. The molecule has 0 radical (unpaired) electrons. The summed E-state index contributed by atoms with van der Waals surface area (Å²) in [6, 6.07) is 6.51. The second-order valence-electron chi connectivity index (χ2n) is 5.46. The van der Waals surface area contributed by atoms with Crippen LogP contribution in [0.15, 0.2) is 18.2 Å². The van der Waals surface area contributed by atoms with Crippen molar-refractivity contribution in [1.29, 1.82) is 0 Å². The van der Waals surface area contributed by atoms with Crippen LogP contribution in [0, 0.1) is 0 Å². The number of carbonyl (C=O) groups is 1. The average molecular weight is 325 g/mol. The van der Waals surface area contributed by atoms with Gasteiger partial charge in [0, 0.05) is 5.56 Å². The molecule has 138 valence electrons. The zero-order chi connectivity index (χ0) is 14.1. The highest BCUT2D eigenvalue weighted by Crippen LogP contribution is 2.18. The van der Waals surface area contributed by atoms with Crippen molar-refractivity contribution in [3.63, 3.8) is 0 Å². The van der Waals surface area contributed by atoms with Crippen molar-refractivity contribution in [3.8, 4) is 0 Å². The fraction of sp³-hybridized carbons (Fsp3) is 0.682. The summed E-state index contributed by atoms with van der Waals surface area (Å²) in [5.74, 6) is 0.212. The third-order valence-electron chi connectivity index (χ3n) is 3.67. The monoisotopic (exact) mass is 324 g/mol. The smallest absolute Gasteiger partial charge is 0.160 e. The number of carbonyl (C=O) groups excluding carboxylic acids is 1. The lowest BCUT2D eigenvalue weighted by atomic mass is 9.95. The molecule has 0 aliphatic rings. The predicted molar refractivity (Wildman–Crippen MR) is 110 cm³/mol. The van der Waals surface area contributed by atoms with Crippen molar-refractivity contribution in [3.05, 3.63) is 34.9 Å². The van der Waals surface area contributed by atoms with Crippen molar-refractivity contribution in [2.75, 3.05) is 0 Å². The van der Waals surface area contributed by atoms with E-state index in [4.69, 9.17) is 0 Å². The Morgan fingerprint density at radius 3 is 1.83 bits per heavy atom. The molecule has 1 heteroatoms. The quantitative estimate of drug-likeness (QED) is 0.333. The van der Waals surface area contributed by atoms with Crippen LogP contribution in [0.5, 0.6) is 0 Å². The van der Waals surface area contributed by atoms with E-state index in [-0.39, 0.29) is 35.5 Å². The summed E-state index contributed by atoms with van der Waals surface area (Å²) >= 11 is 0. The van der Waals surface area contributed by atoms with Crippen LogP contribution in [-0.4, -0.2) is 5.78 Å². The van der Waals surface area contributed by atoms with Crippen molar-refractivity contribution in [1.82, 2.24) is 0 Å². The molecular weight excluding hydrogens is 280 g/mol.